The third kappa shape index (κ3) is 3.77. The normalized spacial score (nSPS) is 10.9. The standard InChI is InChI=1S/C21H20O5/c1-4-24-17-10-7-15-11-18(21(23)26-19(15)12-17)20(22)25-16-8-5-14(6-9-16)13(2)3/h5-13H,4H2,1-3H3. The van der Waals surface area contributed by atoms with Crippen LogP contribution < -0.4 is 15.1 Å². The summed E-state index contributed by atoms with van der Waals surface area (Å²) in [6, 6.07) is 13.8. The lowest BCUT2D eigenvalue weighted by atomic mass is 10.0. The second kappa shape index (κ2) is 7.44. The molecule has 2 aromatic carbocycles. The van der Waals surface area contributed by atoms with Gasteiger partial charge in [0.25, 0.3) is 0 Å². The quantitative estimate of drug-likeness (QED) is 0.383. The number of hydrogen-bond acceptors (Lipinski definition) is 5. The van der Waals surface area contributed by atoms with Gasteiger partial charge in [-0.2, -0.15) is 0 Å². The number of rotatable bonds is 5. The third-order valence-electron chi connectivity index (χ3n) is 4.00. The smallest absolute Gasteiger partial charge is 0.351 e. The van der Waals surface area contributed by atoms with E-state index in [0.717, 1.165) is 5.56 Å². The molecule has 1 aromatic heterocycles. The number of fused-ring (bicyclic) bond motifs is 1. The van der Waals surface area contributed by atoms with Crippen molar-refractivity contribution in [1.82, 2.24) is 0 Å². The van der Waals surface area contributed by atoms with Crippen molar-refractivity contribution in [1.29, 1.82) is 0 Å². The Kier molecular flexibility index (Phi) is 5.07. The highest BCUT2D eigenvalue weighted by molar-refractivity contribution is 5.94. The van der Waals surface area contributed by atoms with E-state index in [4.69, 9.17) is 13.9 Å². The Hall–Kier alpha value is -3.08. The van der Waals surface area contributed by atoms with Gasteiger partial charge in [0, 0.05) is 11.5 Å². The minimum Gasteiger partial charge on any atom is -0.494 e. The van der Waals surface area contributed by atoms with Crippen LogP contribution in [-0.2, 0) is 0 Å². The fourth-order valence-corrected chi connectivity index (χ4v) is 2.57. The van der Waals surface area contributed by atoms with Crippen LogP contribution in [0.5, 0.6) is 11.5 Å². The Balaban J connectivity index is 1.86. The fraction of sp³-hybridized carbons (Fsp3) is 0.238. The average Bonchev–Trinajstić information content (AvgIpc) is 2.61. The van der Waals surface area contributed by atoms with Gasteiger partial charge >= 0.3 is 11.6 Å². The van der Waals surface area contributed by atoms with Gasteiger partial charge in [0.1, 0.15) is 22.6 Å². The lowest BCUT2D eigenvalue weighted by Gasteiger charge is -2.08. The van der Waals surface area contributed by atoms with Crippen LogP contribution in [0.15, 0.2) is 57.7 Å². The molecule has 0 saturated carbocycles. The Labute approximate surface area is 151 Å². The SMILES string of the molecule is CCOc1ccc2cc(C(=O)Oc3ccc(C(C)C)cc3)c(=O)oc2c1. The van der Waals surface area contributed by atoms with E-state index in [1.807, 2.05) is 19.1 Å². The van der Waals surface area contributed by atoms with E-state index < -0.39 is 11.6 Å². The van der Waals surface area contributed by atoms with Gasteiger partial charge < -0.3 is 13.9 Å². The molecule has 5 heteroatoms. The van der Waals surface area contributed by atoms with Crippen molar-refractivity contribution in [2.45, 2.75) is 26.7 Å². The maximum atomic E-state index is 12.4. The predicted octanol–water partition coefficient (Wildman–Crippen LogP) is 4.53. The molecule has 1 heterocycles. The van der Waals surface area contributed by atoms with Crippen LogP contribution in [0, 0.1) is 0 Å². The molecule has 134 valence electrons. The van der Waals surface area contributed by atoms with Gasteiger partial charge in [0.05, 0.1) is 6.61 Å². The summed E-state index contributed by atoms with van der Waals surface area (Å²) in [7, 11) is 0. The van der Waals surface area contributed by atoms with Gasteiger partial charge in [-0.3, -0.25) is 0 Å². The van der Waals surface area contributed by atoms with Crippen molar-refractivity contribution in [3.63, 3.8) is 0 Å². The molecule has 0 radical (unpaired) electrons. The Bertz CT molecular complexity index is 983. The zero-order chi connectivity index (χ0) is 18.7. The van der Waals surface area contributed by atoms with Crippen molar-refractivity contribution in [2.75, 3.05) is 6.61 Å². The van der Waals surface area contributed by atoms with Crippen molar-refractivity contribution < 1.29 is 18.7 Å². The zero-order valence-electron chi connectivity index (χ0n) is 14.9. The number of hydrogen-bond donors (Lipinski definition) is 0. The molecule has 0 saturated heterocycles. The molecule has 3 aromatic rings. The van der Waals surface area contributed by atoms with Crippen molar-refractivity contribution >= 4 is 16.9 Å². The molecule has 0 aliphatic heterocycles. The zero-order valence-corrected chi connectivity index (χ0v) is 14.9. The van der Waals surface area contributed by atoms with Crippen molar-refractivity contribution in [2.24, 2.45) is 0 Å². The van der Waals surface area contributed by atoms with Crippen LogP contribution in [-0.4, -0.2) is 12.6 Å². The molecule has 5 nitrogen and oxygen atoms in total. The number of ether oxygens (including phenoxy) is 2. The molecule has 0 spiro atoms. The number of esters is 1. The Morgan fingerprint density at radius 2 is 1.73 bits per heavy atom. The second-order valence-corrected chi connectivity index (χ2v) is 6.19. The van der Waals surface area contributed by atoms with Crippen LogP contribution in [0.2, 0.25) is 0 Å². The Morgan fingerprint density at radius 3 is 2.38 bits per heavy atom. The molecule has 26 heavy (non-hydrogen) atoms. The summed E-state index contributed by atoms with van der Waals surface area (Å²) in [5.74, 6) is 0.620. The molecule has 0 bridgehead atoms. The summed E-state index contributed by atoms with van der Waals surface area (Å²) in [4.78, 5) is 24.5. The maximum absolute atomic E-state index is 12.4. The highest BCUT2D eigenvalue weighted by Crippen LogP contribution is 2.22. The van der Waals surface area contributed by atoms with E-state index >= 15 is 0 Å². The molecular weight excluding hydrogens is 332 g/mol. The monoisotopic (exact) mass is 352 g/mol. The topological polar surface area (TPSA) is 65.7 Å². The first kappa shape index (κ1) is 17.7. The molecular formula is C21H20O5. The van der Waals surface area contributed by atoms with Gasteiger partial charge in [0.2, 0.25) is 0 Å². The second-order valence-electron chi connectivity index (χ2n) is 6.19. The summed E-state index contributed by atoms with van der Waals surface area (Å²) in [5.41, 5.74) is 0.614. The first-order chi connectivity index (χ1) is 12.5. The summed E-state index contributed by atoms with van der Waals surface area (Å²) in [6.45, 7) is 6.54. The minimum atomic E-state index is -0.744. The molecule has 0 fully saturated rings. The lowest BCUT2D eigenvalue weighted by Crippen LogP contribution is -2.18. The van der Waals surface area contributed by atoms with Gasteiger partial charge in [-0.05, 0) is 48.7 Å². The molecule has 3 rings (SSSR count). The minimum absolute atomic E-state index is 0.144. The van der Waals surface area contributed by atoms with E-state index in [2.05, 4.69) is 13.8 Å². The van der Waals surface area contributed by atoms with E-state index in [9.17, 15) is 9.59 Å². The molecule has 0 N–H and O–H groups in total. The Morgan fingerprint density at radius 1 is 1.04 bits per heavy atom. The van der Waals surface area contributed by atoms with Crippen molar-refractivity contribution in [3.8, 4) is 11.5 Å². The first-order valence-corrected chi connectivity index (χ1v) is 8.50. The van der Waals surface area contributed by atoms with E-state index in [1.54, 1.807) is 30.3 Å². The number of carbonyl (C=O) groups is 1. The van der Waals surface area contributed by atoms with Gasteiger partial charge in [-0.25, -0.2) is 9.59 Å². The van der Waals surface area contributed by atoms with Crippen LogP contribution in [0.25, 0.3) is 11.0 Å². The van der Waals surface area contributed by atoms with Crippen LogP contribution in [0.4, 0.5) is 0 Å². The van der Waals surface area contributed by atoms with Crippen molar-refractivity contribution in [3.05, 3.63) is 70.1 Å². The number of carbonyl (C=O) groups excluding carboxylic acids is 1. The highest BCUT2D eigenvalue weighted by Gasteiger charge is 2.16. The summed E-state index contributed by atoms with van der Waals surface area (Å²) in [6.07, 6.45) is 0. The van der Waals surface area contributed by atoms with E-state index in [0.29, 0.717) is 35.0 Å². The molecule has 0 unspecified atom stereocenters. The maximum Gasteiger partial charge on any atom is 0.351 e. The first-order valence-electron chi connectivity index (χ1n) is 8.50. The van der Waals surface area contributed by atoms with Gasteiger partial charge in [-0.1, -0.05) is 26.0 Å². The molecule has 0 amide bonds. The molecule has 0 aliphatic rings. The van der Waals surface area contributed by atoms with E-state index in [-0.39, 0.29) is 5.56 Å². The van der Waals surface area contributed by atoms with Crippen LogP contribution in [0.3, 0.4) is 0 Å². The molecule has 0 atom stereocenters. The van der Waals surface area contributed by atoms with Gasteiger partial charge in [-0.15, -0.1) is 0 Å². The third-order valence-corrected chi connectivity index (χ3v) is 4.00. The number of benzene rings is 2. The fourth-order valence-electron chi connectivity index (χ4n) is 2.57. The van der Waals surface area contributed by atoms with E-state index in [1.165, 1.54) is 6.07 Å². The summed E-state index contributed by atoms with van der Waals surface area (Å²) >= 11 is 0. The summed E-state index contributed by atoms with van der Waals surface area (Å²) in [5, 5.41) is 0.621. The average molecular weight is 352 g/mol. The van der Waals surface area contributed by atoms with Crippen LogP contribution >= 0.6 is 0 Å². The van der Waals surface area contributed by atoms with Crippen LogP contribution in [0.1, 0.15) is 42.6 Å². The predicted molar refractivity (Wildman–Crippen MR) is 99.1 cm³/mol. The largest absolute Gasteiger partial charge is 0.494 e. The molecule has 0 aliphatic carbocycles. The summed E-state index contributed by atoms with van der Waals surface area (Å²) < 4.78 is 15.9. The highest BCUT2D eigenvalue weighted by atomic mass is 16.5. The lowest BCUT2D eigenvalue weighted by molar-refractivity contribution is 0.0730. The van der Waals surface area contributed by atoms with Gasteiger partial charge in [0.15, 0.2) is 0 Å².